The van der Waals surface area contributed by atoms with Crippen molar-refractivity contribution >= 4 is 11.9 Å². The maximum atomic E-state index is 10.0. The van der Waals surface area contributed by atoms with Crippen LogP contribution in [0.1, 0.15) is 26.2 Å². The zero-order chi connectivity index (χ0) is 14.1. The lowest BCUT2D eigenvalue weighted by Gasteiger charge is -2.14. The van der Waals surface area contributed by atoms with E-state index in [2.05, 4.69) is 0 Å². The van der Waals surface area contributed by atoms with Gasteiger partial charge in [-0.3, -0.25) is 4.79 Å². The van der Waals surface area contributed by atoms with E-state index in [1.165, 1.54) is 0 Å². The lowest BCUT2D eigenvalue weighted by molar-refractivity contribution is -0.143. The van der Waals surface area contributed by atoms with E-state index in [1.807, 2.05) is 0 Å². The van der Waals surface area contributed by atoms with Gasteiger partial charge in [0, 0.05) is 0 Å². The summed E-state index contributed by atoms with van der Waals surface area (Å²) in [7, 11) is 0. The van der Waals surface area contributed by atoms with Crippen LogP contribution in [0.3, 0.4) is 0 Å². The van der Waals surface area contributed by atoms with Gasteiger partial charge >= 0.3 is 11.9 Å². The number of carboxylic acids is 2. The SMILES string of the molecule is CCC(N)(N)C(=O)O.NCCC[C@H](N)C(=O)O. The van der Waals surface area contributed by atoms with Crippen LogP contribution in [0.4, 0.5) is 0 Å². The first kappa shape index (κ1) is 18.2. The molecule has 0 saturated heterocycles. The summed E-state index contributed by atoms with van der Waals surface area (Å²) >= 11 is 0. The number of aliphatic carboxylic acids is 2. The minimum Gasteiger partial charge on any atom is -0.480 e. The van der Waals surface area contributed by atoms with Gasteiger partial charge in [0.05, 0.1) is 0 Å². The third kappa shape index (κ3) is 9.69. The minimum absolute atomic E-state index is 0.238. The van der Waals surface area contributed by atoms with E-state index in [9.17, 15) is 9.59 Å². The van der Waals surface area contributed by atoms with E-state index < -0.39 is 23.6 Å². The smallest absolute Gasteiger partial charge is 0.338 e. The molecule has 0 amide bonds. The summed E-state index contributed by atoms with van der Waals surface area (Å²) in [4.78, 5) is 20.0. The predicted octanol–water partition coefficient (Wildman–Crippen LogP) is -1.77. The molecule has 102 valence electrons. The molecule has 8 nitrogen and oxygen atoms in total. The quantitative estimate of drug-likeness (QED) is 0.300. The van der Waals surface area contributed by atoms with Crippen molar-refractivity contribution in [3.63, 3.8) is 0 Å². The molecule has 8 heteroatoms. The van der Waals surface area contributed by atoms with Crippen LogP contribution >= 0.6 is 0 Å². The molecular formula is C9H22N4O4. The highest BCUT2D eigenvalue weighted by Gasteiger charge is 2.25. The van der Waals surface area contributed by atoms with Gasteiger partial charge in [0.15, 0.2) is 5.66 Å². The molecule has 0 rings (SSSR count). The third-order valence-electron chi connectivity index (χ3n) is 2.02. The van der Waals surface area contributed by atoms with Gasteiger partial charge in [-0.1, -0.05) is 6.92 Å². The summed E-state index contributed by atoms with van der Waals surface area (Å²) in [5, 5.41) is 16.4. The lowest BCUT2D eigenvalue weighted by atomic mass is 10.1. The first-order chi connectivity index (χ1) is 7.68. The third-order valence-corrected chi connectivity index (χ3v) is 2.02. The van der Waals surface area contributed by atoms with Crippen molar-refractivity contribution in [1.82, 2.24) is 0 Å². The van der Waals surface area contributed by atoms with Crippen molar-refractivity contribution in [1.29, 1.82) is 0 Å². The zero-order valence-corrected chi connectivity index (χ0v) is 9.93. The largest absolute Gasteiger partial charge is 0.480 e. The Morgan fingerprint density at radius 3 is 1.94 bits per heavy atom. The molecule has 0 unspecified atom stereocenters. The number of carbonyl (C=O) groups is 2. The molecule has 0 aliphatic carbocycles. The molecule has 1 atom stereocenters. The Balaban J connectivity index is 0. The van der Waals surface area contributed by atoms with Gasteiger partial charge < -0.3 is 33.1 Å². The van der Waals surface area contributed by atoms with Gasteiger partial charge in [-0.2, -0.15) is 0 Å². The average Bonchev–Trinajstić information content (AvgIpc) is 2.26. The molecule has 0 spiro atoms. The Labute approximate surface area is 99.9 Å². The van der Waals surface area contributed by atoms with Gasteiger partial charge in [0.2, 0.25) is 0 Å². The number of nitrogens with two attached hydrogens (primary N) is 4. The van der Waals surface area contributed by atoms with Crippen molar-refractivity contribution < 1.29 is 19.8 Å². The van der Waals surface area contributed by atoms with Crippen molar-refractivity contribution in [2.45, 2.75) is 37.9 Å². The minimum atomic E-state index is -1.54. The molecule has 0 aromatic carbocycles. The average molecular weight is 250 g/mol. The van der Waals surface area contributed by atoms with Gasteiger partial charge in [-0.05, 0) is 25.8 Å². The molecule has 0 aliphatic rings. The van der Waals surface area contributed by atoms with Crippen LogP contribution < -0.4 is 22.9 Å². The molecule has 0 aliphatic heterocycles. The van der Waals surface area contributed by atoms with Crippen LogP contribution in [-0.4, -0.2) is 40.4 Å². The normalized spacial score (nSPS) is 12.3. The number of hydrogen-bond donors (Lipinski definition) is 6. The van der Waals surface area contributed by atoms with Crippen LogP contribution in [0.2, 0.25) is 0 Å². The van der Waals surface area contributed by atoms with Gasteiger partial charge in [-0.15, -0.1) is 0 Å². The summed E-state index contributed by atoms with van der Waals surface area (Å²) in [6.45, 7) is 2.12. The fourth-order valence-electron chi connectivity index (χ4n) is 0.612. The second-order valence-electron chi connectivity index (χ2n) is 3.57. The Hall–Kier alpha value is -1.22. The molecular weight excluding hydrogens is 228 g/mol. The topological polar surface area (TPSA) is 179 Å². The molecule has 0 radical (unpaired) electrons. The molecule has 0 bridgehead atoms. The summed E-state index contributed by atoms with van der Waals surface area (Å²) in [5.74, 6) is -2.12. The summed E-state index contributed by atoms with van der Waals surface area (Å²) in [6.07, 6.45) is 1.38. The van der Waals surface area contributed by atoms with Crippen LogP contribution in [0, 0.1) is 0 Å². The number of rotatable bonds is 6. The van der Waals surface area contributed by atoms with E-state index in [1.54, 1.807) is 6.92 Å². The van der Waals surface area contributed by atoms with Crippen LogP contribution in [0.5, 0.6) is 0 Å². The van der Waals surface area contributed by atoms with E-state index in [-0.39, 0.29) is 6.42 Å². The predicted molar refractivity (Wildman–Crippen MR) is 62.9 cm³/mol. The van der Waals surface area contributed by atoms with E-state index >= 15 is 0 Å². The number of carboxylic acid groups (broad SMARTS) is 2. The van der Waals surface area contributed by atoms with E-state index in [0.717, 1.165) is 0 Å². The Kier molecular flexibility index (Phi) is 9.48. The molecule has 10 N–H and O–H groups in total. The second kappa shape index (κ2) is 8.88. The van der Waals surface area contributed by atoms with Crippen LogP contribution in [0.25, 0.3) is 0 Å². The maximum absolute atomic E-state index is 10.0. The van der Waals surface area contributed by atoms with Gasteiger partial charge in [-0.25, -0.2) is 4.79 Å². The monoisotopic (exact) mass is 250 g/mol. The first-order valence-corrected chi connectivity index (χ1v) is 5.18. The van der Waals surface area contributed by atoms with E-state index in [0.29, 0.717) is 19.4 Å². The van der Waals surface area contributed by atoms with Crippen LogP contribution in [0.15, 0.2) is 0 Å². The standard InChI is InChI=1S/C5H12N2O2.C4H10N2O2/c6-3-1-2-4(7)5(8)9;1-2-4(5,6)3(7)8/h4H,1-3,6-7H2,(H,8,9);2,5-6H2,1H3,(H,7,8)/t4-;/m0./s1. The Bertz CT molecular complexity index is 245. The van der Waals surface area contributed by atoms with E-state index in [4.69, 9.17) is 33.1 Å². The van der Waals surface area contributed by atoms with Gasteiger partial charge in [0.25, 0.3) is 0 Å². The zero-order valence-electron chi connectivity index (χ0n) is 9.93. The van der Waals surface area contributed by atoms with Crippen molar-refractivity contribution in [2.24, 2.45) is 22.9 Å². The Morgan fingerprint density at radius 1 is 1.29 bits per heavy atom. The lowest BCUT2D eigenvalue weighted by Crippen LogP contribution is -2.55. The van der Waals surface area contributed by atoms with Gasteiger partial charge in [0.1, 0.15) is 6.04 Å². The Morgan fingerprint density at radius 2 is 1.76 bits per heavy atom. The molecule has 0 heterocycles. The molecule has 0 fully saturated rings. The summed E-state index contributed by atoms with van der Waals surface area (Å²) in [6, 6.07) is -0.742. The summed E-state index contributed by atoms with van der Waals surface area (Å²) in [5.41, 5.74) is 18.8. The highest BCUT2D eigenvalue weighted by molar-refractivity contribution is 5.77. The first-order valence-electron chi connectivity index (χ1n) is 5.18. The molecule has 0 aromatic rings. The van der Waals surface area contributed by atoms with Crippen molar-refractivity contribution in [2.75, 3.05) is 6.54 Å². The van der Waals surface area contributed by atoms with Crippen LogP contribution in [-0.2, 0) is 9.59 Å². The highest BCUT2D eigenvalue weighted by atomic mass is 16.4. The maximum Gasteiger partial charge on any atom is 0.338 e. The second-order valence-corrected chi connectivity index (χ2v) is 3.57. The molecule has 17 heavy (non-hydrogen) atoms. The van der Waals surface area contributed by atoms with Crippen molar-refractivity contribution in [3.05, 3.63) is 0 Å². The number of hydrogen-bond acceptors (Lipinski definition) is 6. The molecule has 0 aromatic heterocycles. The molecule has 0 saturated carbocycles. The summed E-state index contributed by atoms with van der Waals surface area (Å²) < 4.78 is 0. The fourth-order valence-corrected chi connectivity index (χ4v) is 0.612. The highest BCUT2D eigenvalue weighted by Crippen LogP contribution is 1.94. The van der Waals surface area contributed by atoms with Crippen molar-refractivity contribution in [3.8, 4) is 0 Å². The fraction of sp³-hybridized carbons (Fsp3) is 0.778.